The number of thioether (sulfide) groups is 1. The summed E-state index contributed by atoms with van der Waals surface area (Å²) in [5.74, 6) is 0.854. The molecule has 0 amide bonds. The molecule has 1 fully saturated rings. The largest absolute Gasteiger partial charge is 0.392 e. The van der Waals surface area contributed by atoms with Crippen molar-refractivity contribution < 1.29 is 9.84 Å². The normalized spacial score (nSPS) is 26.0. The fourth-order valence-electron chi connectivity index (χ4n) is 1.53. The Morgan fingerprint density at radius 1 is 1.67 bits per heavy atom. The van der Waals surface area contributed by atoms with Gasteiger partial charge in [0.1, 0.15) is 0 Å². The van der Waals surface area contributed by atoms with Crippen LogP contribution in [-0.2, 0) is 4.74 Å². The molecule has 0 spiro atoms. The molecule has 2 nitrogen and oxygen atoms in total. The molecule has 0 bridgehead atoms. The molecule has 72 valence electrons. The molecule has 1 N–H and O–H groups in total. The smallest absolute Gasteiger partial charge is 0.0631 e. The van der Waals surface area contributed by atoms with Gasteiger partial charge in [0.15, 0.2) is 0 Å². The van der Waals surface area contributed by atoms with Crippen molar-refractivity contribution in [1.82, 2.24) is 0 Å². The lowest BCUT2D eigenvalue weighted by Gasteiger charge is -2.12. The molecule has 1 rings (SSSR count). The lowest BCUT2D eigenvalue weighted by molar-refractivity contribution is 0.0861. The minimum Gasteiger partial charge on any atom is -0.392 e. The molecule has 1 saturated heterocycles. The van der Waals surface area contributed by atoms with Gasteiger partial charge in [-0.2, -0.15) is 11.8 Å². The third-order valence-electron chi connectivity index (χ3n) is 2.20. The molecule has 0 aliphatic carbocycles. The van der Waals surface area contributed by atoms with Gasteiger partial charge in [0.05, 0.1) is 12.2 Å². The van der Waals surface area contributed by atoms with Crippen LogP contribution in [0.25, 0.3) is 0 Å². The summed E-state index contributed by atoms with van der Waals surface area (Å²) in [7, 11) is 0. The van der Waals surface area contributed by atoms with Crippen LogP contribution in [-0.4, -0.2) is 35.9 Å². The molecule has 1 heterocycles. The standard InChI is InChI=1S/C9H18O2S/c1-12-7-8(10)4-5-9-3-2-6-11-9/h8-10H,2-7H2,1H3. The molecular formula is C9H18O2S. The van der Waals surface area contributed by atoms with Crippen molar-refractivity contribution >= 4 is 11.8 Å². The van der Waals surface area contributed by atoms with E-state index in [1.54, 1.807) is 11.8 Å². The molecule has 0 aromatic carbocycles. The molecule has 0 aromatic rings. The Morgan fingerprint density at radius 3 is 3.08 bits per heavy atom. The van der Waals surface area contributed by atoms with E-state index in [1.807, 2.05) is 6.26 Å². The highest BCUT2D eigenvalue weighted by Gasteiger charge is 2.16. The molecule has 12 heavy (non-hydrogen) atoms. The van der Waals surface area contributed by atoms with Crippen LogP contribution in [0.5, 0.6) is 0 Å². The second-order valence-electron chi connectivity index (χ2n) is 3.32. The number of aliphatic hydroxyl groups excluding tert-OH is 1. The molecule has 2 atom stereocenters. The zero-order chi connectivity index (χ0) is 8.81. The fraction of sp³-hybridized carbons (Fsp3) is 1.00. The van der Waals surface area contributed by atoms with Crippen molar-refractivity contribution in [2.75, 3.05) is 18.6 Å². The van der Waals surface area contributed by atoms with Gasteiger partial charge in [-0.15, -0.1) is 0 Å². The summed E-state index contributed by atoms with van der Waals surface area (Å²) in [6.07, 6.45) is 6.63. The van der Waals surface area contributed by atoms with Crippen molar-refractivity contribution in [2.24, 2.45) is 0 Å². The first kappa shape index (κ1) is 10.4. The van der Waals surface area contributed by atoms with Crippen molar-refractivity contribution in [3.8, 4) is 0 Å². The van der Waals surface area contributed by atoms with Crippen LogP contribution in [0, 0.1) is 0 Å². The van der Waals surface area contributed by atoms with Gasteiger partial charge in [-0.3, -0.25) is 0 Å². The van der Waals surface area contributed by atoms with Crippen molar-refractivity contribution in [3.63, 3.8) is 0 Å². The Hall–Kier alpha value is 0.270. The Labute approximate surface area is 78.7 Å². The minimum atomic E-state index is -0.135. The quantitative estimate of drug-likeness (QED) is 0.715. The maximum Gasteiger partial charge on any atom is 0.0631 e. The van der Waals surface area contributed by atoms with Crippen LogP contribution in [0.2, 0.25) is 0 Å². The third-order valence-corrected chi connectivity index (χ3v) is 2.92. The lowest BCUT2D eigenvalue weighted by Crippen LogP contribution is -2.14. The predicted octanol–water partition coefficient (Wildman–Crippen LogP) is 1.67. The highest BCUT2D eigenvalue weighted by Crippen LogP contribution is 2.18. The van der Waals surface area contributed by atoms with E-state index in [4.69, 9.17) is 4.74 Å². The number of hydrogen-bond donors (Lipinski definition) is 1. The summed E-state index contributed by atoms with van der Waals surface area (Å²) < 4.78 is 5.46. The van der Waals surface area contributed by atoms with Gasteiger partial charge in [0, 0.05) is 12.4 Å². The summed E-state index contributed by atoms with van der Waals surface area (Å²) in [5, 5.41) is 9.43. The first-order valence-corrected chi connectivity index (χ1v) is 6.01. The van der Waals surface area contributed by atoms with Gasteiger partial charge in [-0.25, -0.2) is 0 Å². The maximum absolute atomic E-state index is 9.43. The van der Waals surface area contributed by atoms with E-state index in [2.05, 4.69) is 0 Å². The van der Waals surface area contributed by atoms with Crippen molar-refractivity contribution in [1.29, 1.82) is 0 Å². The maximum atomic E-state index is 9.43. The van der Waals surface area contributed by atoms with Gasteiger partial charge >= 0.3 is 0 Å². The summed E-state index contributed by atoms with van der Waals surface area (Å²) in [6, 6.07) is 0. The lowest BCUT2D eigenvalue weighted by atomic mass is 10.1. The second-order valence-corrected chi connectivity index (χ2v) is 4.23. The monoisotopic (exact) mass is 190 g/mol. The van der Waals surface area contributed by atoms with E-state index < -0.39 is 0 Å². The highest BCUT2D eigenvalue weighted by molar-refractivity contribution is 7.98. The van der Waals surface area contributed by atoms with Crippen molar-refractivity contribution in [2.45, 2.75) is 37.9 Å². The van der Waals surface area contributed by atoms with E-state index in [0.717, 1.165) is 25.2 Å². The molecule has 0 saturated carbocycles. The molecule has 1 aliphatic rings. The van der Waals surface area contributed by atoms with Gasteiger partial charge in [0.25, 0.3) is 0 Å². The van der Waals surface area contributed by atoms with Crippen LogP contribution in [0.3, 0.4) is 0 Å². The Balaban J connectivity index is 1.99. The number of aliphatic hydroxyl groups is 1. The third kappa shape index (κ3) is 3.78. The zero-order valence-electron chi connectivity index (χ0n) is 7.66. The summed E-state index contributed by atoms with van der Waals surface area (Å²) in [6.45, 7) is 0.920. The highest BCUT2D eigenvalue weighted by atomic mass is 32.2. The van der Waals surface area contributed by atoms with Gasteiger partial charge in [0.2, 0.25) is 0 Å². The fourth-order valence-corrected chi connectivity index (χ4v) is 2.08. The van der Waals surface area contributed by atoms with E-state index in [9.17, 15) is 5.11 Å². The van der Waals surface area contributed by atoms with Gasteiger partial charge in [-0.1, -0.05) is 0 Å². The van der Waals surface area contributed by atoms with E-state index in [1.165, 1.54) is 12.8 Å². The summed E-state index contributed by atoms with van der Waals surface area (Å²) in [4.78, 5) is 0. The second kappa shape index (κ2) is 5.84. The van der Waals surface area contributed by atoms with E-state index >= 15 is 0 Å². The number of rotatable bonds is 5. The Bertz CT molecular complexity index is 113. The molecule has 3 heteroatoms. The first-order chi connectivity index (χ1) is 5.83. The average Bonchev–Trinajstić information content (AvgIpc) is 2.53. The number of hydrogen-bond acceptors (Lipinski definition) is 3. The SMILES string of the molecule is CSCC(O)CCC1CCCO1. The van der Waals surface area contributed by atoms with Crippen LogP contribution >= 0.6 is 11.8 Å². The average molecular weight is 190 g/mol. The molecular weight excluding hydrogens is 172 g/mol. The van der Waals surface area contributed by atoms with E-state index in [0.29, 0.717) is 6.10 Å². The summed E-state index contributed by atoms with van der Waals surface area (Å²) >= 11 is 1.70. The van der Waals surface area contributed by atoms with Crippen molar-refractivity contribution in [3.05, 3.63) is 0 Å². The first-order valence-electron chi connectivity index (χ1n) is 4.61. The van der Waals surface area contributed by atoms with Crippen LogP contribution in [0.1, 0.15) is 25.7 Å². The van der Waals surface area contributed by atoms with Crippen LogP contribution in [0.15, 0.2) is 0 Å². The van der Waals surface area contributed by atoms with E-state index in [-0.39, 0.29) is 6.10 Å². The molecule has 0 aromatic heterocycles. The zero-order valence-corrected chi connectivity index (χ0v) is 8.48. The van der Waals surface area contributed by atoms with Gasteiger partial charge in [-0.05, 0) is 31.9 Å². The van der Waals surface area contributed by atoms with Crippen LogP contribution < -0.4 is 0 Å². The summed E-state index contributed by atoms with van der Waals surface area (Å²) in [5.41, 5.74) is 0. The Kier molecular flexibility index (Phi) is 5.04. The molecule has 0 radical (unpaired) electrons. The molecule has 1 aliphatic heterocycles. The topological polar surface area (TPSA) is 29.5 Å². The minimum absolute atomic E-state index is 0.135. The Morgan fingerprint density at radius 2 is 2.50 bits per heavy atom. The molecule has 2 unspecified atom stereocenters. The number of ether oxygens (including phenoxy) is 1. The van der Waals surface area contributed by atoms with Gasteiger partial charge < -0.3 is 9.84 Å². The van der Waals surface area contributed by atoms with Crippen LogP contribution in [0.4, 0.5) is 0 Å². The predicted molar refractivity (Wildman–Crippen MR) is 52.6 cm³/mol.